The van der Waals surface area contributed by atoms with E-state index in [1.807, 2.05) is 30.3 Å². The highest BCUT2D eigenvalue weighted by molar-refractivity contribution is 5.96. The smallest absolute Gasteiger partial charge is 0.408 e. The summed E-state index contributed by atoms with van der Waals surface area (Å²) in [5, 5.41) is 2.56. The van der Waals surface area contributed by atoms with Gasteiger partial charge in [-0.3, -0.25) is 20.4 Å². The lowest BCUT2D eigenvalue weighted by atomic mass is 10.1. The SMILES string of the molecule is COc1ccc(C(=O)NNC(=O)C(Cc2ccccc2)NC(=O)OC(C)(C)C)cc1OC. The van der Waals surface area contributed by atoms with E-state index in [0.717, 1.165) is 5.56 Å². The van der Waals surface area contributed by atoms with Gasteiger partial charge in [0.05, 0.1) is 14.2 Å². The fraction of sp³-hybridized carbons (Fsp3) is 0.348. The molecule has 32 heavy (non-hydrogen) atoms. The van der Waals surface area contributed by atoms with Crippen LogP contribution in [0, 0.1) is 0 Å². The second-order valence-corrected chi connectivity index (χ2v) is 7.90. The third-order valence-corrected chi connectivity index (χ3v) is 4.24. The molecule has 1 unspecified atom stereocenters. The summed E-state index contributed by atoms with van der Waals surface area (Å²) in [5.41, 5.74) is 5.06. The Morgan fingerprint density at radius 2 is 1.56 bits per heavy atom. The van der Waals surface area contributed by atoms with Crippen molar-refractivity contribution in [3.8, 4) is 11.5 Å². The molecule has 0 fully saturated rings. The molecule has 2 aromatic carbocycles. The number of alkyl carbamates (subject to hydrolysis) is 1. The first-order chi connectivity index (χ1) is 15.1. The Hall–Kier alpha value is -3.75. The van der Waals surface area contributed by atoms with Crippen molar-refractivity contribution in [2.24, 2.45) is 0 Å². The van der Waals surface area contributed by atoms with Gasteiger partial charge >= 0.3 is 6.09 Å². The van der Waals surface area contributed by atoms with Gasteiger partial charge in [-0.1, -0.05) is 30.3 Å². The standard InChI is InChI=1S/C23H29N3O6/c1-23(2,3)32-22(29)24-17(13-15-9-7-6-8-10-15)21(28)26-25-20(27)16-11-12-18(30-4)19(14-16)31-5/h6-12,14,17H,13H2,1-5H3,(H,24,29)(H,25,27)(H,26,28). The predicted molar refractivity (Wildman–Crippen MR) is 118 cm³/mol. The summed E-state index contributed by atoms with van der Waals surface area (Å²) < 4.78 is 15.6. The van der Waals surface area contributed by atoms with Crippen molar-refractivity contribution in [2.75, 3.05) is 14.2 Å². The number of amides is 3. The molecule has 0 bridgehead atoms. The minimum atomic E-state index is -0.974. The Bertz CT molecular complexity index is 940. The predicted octanol–water partition coefficient (Wildman–Crippen LogP) is 2.60. The molecule has 2 rings (SSSR count). The van der Waals surface area contributed by atoms with Crippen molar-refractivity contribution in [3.05, 3.63) is 59.7 Å². The first kappa shape index (κ1) is 24.5. The Morgan fingerprint density at radius 1 is 0.906 bits per heavy atom. The van der Waals surface area contributed by atoms with Crippen LogP contribution in [0.5, 0.6) is 11.5 Å². The monoisotopic (exact) mass is 443 g/mol. The second-order valence-electron chi connectivity index (χ2n) is 7.90. The Morgan fingerprint density at radius 3 is 2.16 bits per heavy atom. The maximum atomic E-state index is 12.8. The Balaban J connectivity index is 2.08. The number of carbonyl (C=O) groups excluding carboxylic acids is 3. The maximum Gasteiger partial charge on any atom is 0.408 e. The van der Waals surface area contributed by atoms with Gasteiger partial charge in [0.1, 0.15) is 11.6 Å². The molecule has 3 amide bonds. The molecule has 0 aromatic heterocycles. The van der Waals surface area contributed by atoms with Crippen LogP contribution < -0.4 is 25.6 Å². The van der Waals surface area contributed by atoms with Crippen molar-refractivity contribution in [2.45, 2.75) is 38.8 Å². The number of hydrogen-bond donors (Lipinski definition) is 3. The molecule has 172 valence electrons. The van der Waals surface area contributed by atoms with Gasteiger partial charge in [-0.25, -0.2) is 4.79 Å². The summed E-state index contributed by atoms with van der Waals surface area (Å²) in [6.45, 7) is 5.17. The molecular weight excluding hydrogens is 414 g/mol. The van der Waals surface area contributed by atoms with Crippen LogP contribution in [-0.4, -0.2) is 43.8 Å². The average molecular weight is 444 g/mol. The van der Waals surface area contributed by atoms with E-state index in [2.05, 4.69) is 16.2 Å². The summed E-state index contributed by atoms with van der Waals surface area (Å²) in [6, 6.07) is 12.8. The van der Waals surface area contributed by atoms with Crippen LogP contribution in [0.2, 0.25) is 0 Å². The molecule has 0 aliphatic rings. The van der Waals surface area contributed by atoms with Crippen molar-refractivity contribution in [3.63, 3.8) is 0 Å². The number of hydrogen-bond acceptors (Lipinski definition) is 6. The zero-order valence-electron chi connectivity index (χ0n) is 18.9. The highest BCUT2D eigenvalue weighted by Gasteiger charge is 2.25. The van der Waals surface area contributed by atoms with E-state index in [9.17, 15) is 14.4 Å². The second kappa shape index (κ2) is 11.0. The van der Waals surface area contributed by atoms with Gasteiger partial charge in [0.25, 0.3) is 11.8 Å². The van der Waals surface area contributed by atoms with Crippen LogP contribution in [-0.2, 0) is 16.0 Å². The molecule has 0 spiro atoms. The number of ether oxygens (including phenoxy) is 3. The zero-order chi connectivity index (χ0) is 23.7. The average Bonchev–Trinajstić information content (AvgIpc) is 2.75. The van der Waals surface area contributed by atoms with Crippen LogP contribution in [0.1, 0.15) is 36.7 Å². The Labute approximate surface area is 187 Å². The van der Waals surface area contributed by atoms with Gasteiger partial charge in [0.2, 0.25) is 0 Å². The Kier molecular flexibility index (Phi) is 8.46. The molecule has 0 heterocycles. The van der Waals surface area contributed by atoms with E-state index in [4.69, 9.17) is 14.2 Å². The maximum absolute atomic E-state index is 12.8. The molecule has 1 atom stereocenters. The zero-order valence-corrected chi connectivity index (χ0v) is 18.9. The largest absolute Gasteiger partial charge is 0.493 e. The van der Waals surface area contributed by atoms with Crippen LogP contribution in [0.25, 0.3) is 0 Å². The fourth-order valence-electron chi connectivity index (χ4n) is 2.76. The van der Waals surface area contributed by atoms with Gasteiger partial charge in [-0.2, -0.15) is 0 Å². The highest BCUT2D eigenvalue weighted by Crippen LogP contribution is 2.27. The van der Waals surface area contributed by atoms with Crippen LogP contribution >= 0.6 is 0 Å². The van der Waals surface area contributed by atoms with Crippen LogP contribution in [0.15, 0.2) is 48.5 Å². The van der Waals surface area contributed by atoms with E-state index in [1.54, 1.807) is 26.8 Å². The lowest BCUT2D eigenvalue weighted by Crippen LogP contribution is -2.53. The molecule has 0 saturated heterocycles. The first-order valence-corrected chi connectivity index (χ1v) is 9.98. The van der Waals surface area contributed by atoms with Gasteiger partial charge in [-0.05, 0) is 44.5 Å². The topological polar surface area (TPSA) is 115 Å². The minimum absolute atomic E-state index is 0.206. The summed E-state index contributed by atoms with van der Waals surface area (Å²) >= 11 is 0. The van der Waals surface area contributed by atoms with Gasteiger partial charge in [-0.15, -0.1) is 0 Å². The lowest BCUT2D eigenvalue weighted by Gasteiger charge is -2.23. The quantitative estimate of drug-likeness (QED) is 0.567. The third kappa shape index (κ3) is 7.50. The van der Waals surface area contributed by atoms with E-state index in [-0.39, 0.29) is 12.0 Å². The van der Waals surface area contributed by atoms with Crippen molar-refractivity contribution < 1.29 is 28.6 Å². The number of carbonyl (C=O) groups is 3. The normalized spacial score (nSPS) is 11.7. The summed E-state index contributed by atoms with van der Waals surface area (Å²) in [7, 11) is 2.94. The van der Waals surface area contributed by atoms with E-state index < -0.39 is 29.6 Å². The van der Waals surface area contributed by atoms with Crippen molar-refractivity contribution >= 4 is 17.9 Å². The summed E-state index contributed by atoms with van der Waals surface area (Å²) in [4.78, 5) is 37.5. The summed E-state index contributed by atoms with van der Waals surface area (Å²) in [5.74, 6) is -0.318. The minimum Gasteiger partial charge on any atom is -0.493 e. The molecule has 0 aliphatic carbocycles. The fourth-order valence-corrected chi connectivity index (χ4v) is 2.76. The highest BCUT2D eigenvalue weighted by atomic mass is 16.6. The van der Waals surface area contributed by atoms with Gasteiger partial charge in [0, 0.05) is 12.0 Å². The van der Waals surface area contributed by atoms with E-state index in [1.165, 1.54) is 26.4 Å². The number of hydrazine groups is 1. The lowest BCUT2D eigenvalue weighted by molar-refractivity contribution is -0.124. The molecule has 3 N–H and O–H groups in total. The molecule has 0 saturated carbocycles. The van der Waals surface area contributed by atoms with Crippen LogP contribution in [0.3, 0.4) is 0 Å². The van der Waals surface area contributed by atoms with E-state index >= 15 is 0 Å². The number of methoxy groups -OCH3 is 2. The molecule has 9 heteroatoms. The molecule has 0 aliphatic heterocycles. The van der Waals surface area contributed by atoms with Crippen molar-refractivity contribution in [1.29, 1.82) is 0 Å². The third-order valence-electron chi connectivity index (χ3n) is 4.24. The number of nitrogens with one attached hydrogen (secondary N) is 3. The summed E-state index contributed by atoms with van der Waals surface area (Å²) in [6.07, 6.45) is -0.530. The van der Waals surface area contributed by atoms with Gasteiger partial charge < -0.3 is 19.5 Å². The van der Waals surface area contributed by atoms with E-state index in [0.29, 0.717) is 11.5 Å². The molecule has 0 radical (unpaired) electrons. The van der Waals surface area contributed by atoms with Crippen molar-refractivity contribution in [1.82, 2.24) is 16.2 Å². The number of benzene rings is 2. The van der Waals surface area contributed by atoms with Crippen LogP contribution in [0.4, 0.5) is 4.79 Å². The molecule has 9 nitrogen and oxygen atoms in total. The molecule has 2 aromatic rings. The van der Waals surface area contributed by atoms with Gasteiger partial charge in [0.15, 0.2) is 11.5 Å². The molecular formula is C23H29N3O6. The first-order valence-electron chi connectivity index (χ1n) is 9.98. The number of rotatable bonds is 7.